The third-order valence-corrected chi connectivity index (χ3v) is 3.99. The van der Waals surface area contributed by atoms with Crippen LogP contribution in [0, 0.1) is 0 Å². The molecule has 1 heterocycles. The molecule has 1 N–H and O–H groups in total. The van der Waals surface area contributed by atoms with Crippen molar-refractivity contribution in [1.29, 1.82) is 0 Å². The van der Waals surface area contributed by atoms with Gasteiger partial charge in [0.1, 0.15) is 22.7 Å². The van der Waals surface area contributed by atoms with E-state index < -0.39 is 4.84 Å². The predicted octanol–water partition coefficient (Wildman–Crippen LogP) is 5.37. The van der Waals surface area contributed by atoms with Gasteiger partial charge in [-0.2, -0.15) is 0 Å². The fourth-order valence-electron chi connectivity index (χ4n) is 2.29. The first-order valence-corrected chi connectivity index (χ1v) is 8.15. The Balaban J connectivity index is 1.85. The van der Waals surface area contributed by atoms with Gasteiger partial charge in [-0.25, -0.2) is 9.97 Å². The van der Waals surface area contributed by atoms with Crippen LogP contribution in [0.2, 0.25) is 0 Å². The molecule has 0 aliphatic carbocycles. The van der Waals surface area contributed by atoms with E-state index in [1.807, 2.05) is 54.6 Å². The van der Waals surface area contributed by atoms with Crippen molar-refractivity contribution in [3.05, 3.63) is 66.5 Å². The van der Waals surface area contributed by atoms with Crippen LogP contribution < -0.4 is 10.1 Å². The van der Waals surface area contributed by atoms with Crippen LogP contribution in [0.1, 0.15) is 10.4 Å². The van der Waals surface area contributed by atoms with Crippen molar-refractivity contribution in [3.63, 3.8) is 0 Å². The number of anilines is 2. The molecule has 0 fully saturated rings. The number of hydrogen-bond donors (Lipinski definition) is 1. The second kappa shape index (κ2) is 7.51. The van der Waals surface area contributed by atoms with Gasteiger partial charge in [0.15, 0.2) is 0 Å². The van der Waals surface area contributed by atoms with Crippen LogP contribution in [-0.4, -0.2) is 17.1 Å². The Hall–Kier alpha value is -2.30. The average Bonchev–Trinajstić information content (AvgIpc) is 2.62. The summed E-state index contributed by atoms with van der Waals surface area (Å²) in [5.74, 6) is 1.45. The maximum absolute atomic E-state index is 5.85. The molecule has 0 spiro atoms. The maximum atomic E-state index is 5.85. The summed E-state index contributed by atoms with van der Waals surface area (Å²) >= 11 is 11.7. The predicted molar refractivity (Wildman–Crippen MR) is 98.2 cm³/mol. The number of nitrogens with zero attached hydrogens (tertiary/aromatic N) is 2. The number of ether oxygens (including phenoxy) is 1. The summed E-state index contributed by atoms with van der Waals surface area (Å²) in [5.41, 5.74) is 3.43. The lowest BCUT2D eigenvalue weighted by molar-refractivity contribution is 0.416. The zero-order valence-electron chi connectivity index (χ0n) is 12.9. The van der Waals surface area contributed by atoms with Crippen LogP contribution in [0.15, 0.2) is 60.9 Å². The first kappa shape index (κ1) is 16.6. The molecule has 0 amide bonds. The molecule has 0 saturated heterocycles. The molecule has 3 aromatic rings. The molecule has 6 heteroatoms. The Kier molecular flexibility index (Phi) is 5.18. The molecule has 2 aromatic carbocycles. The molecule has 0 aliphatic rings. The molecule has 0 radical (unpaired) electrons. The lowest BCUT2D eigenvalue weighted by atomic mass is 10.1. The van der Waals surface area contributed by atoms with Crippen LogP contribution >= 0.6 is 23.2 Å². The molecule has 1 aromatic heterocycles. The van der Waals surface area contributed by atoms with Crippen molar-refractivity contribution in [3.8, 4) is 17.0 Å². The molecule has 24 heavy (non-hydrogen) atoms. The van der Waals surface area contributed by atoms with Gasteiger partial charge in [0.05, 0.1) is 12.8 Å². The summed E-state index contributed by atoms with van der Waals surface area (Å²) in [6.45, 7) is 0. The van der Waals surface area contributed by atoms with Crippen molar-refractivity contribution in [1.82, 2.24) is 9.97 Å². The third kappa shape index (κ3) is 3.78. The standard InChI is InChI=1S/C18H15Cl2N3O/c1-24-16-5-3-2-4-14(16)15-10-17(22-11-21-15)23-13-8-6-12(7-9-13)18(19)20/h2-11,18H,1H3,(H,21,22,23). The minimum atomic E-state index is -0.532. The first-order valence-electron chi connectivity index (χ1n) is 7.28. The smallest absolute Gasteiger partial charge is 0.134 e. The summed E-state index contributed by atoms with van der Waals surface area (Å²) in [6, 6.07) is 17.1. The molecule has 0 unspecified atom stereocenters. The Morgan fingerprint density at radius 3 is 2.46 bits per heavy atom. The number of rotatable bonds is 5. The molecule has 0 atom stereocenters. The van der Waals surface area contributed by atoms with Crippen LogP contribution in [0.3, 0.4) is 0 Å². The number of aromatic nitrogens is 2. The number of halogens is 2. The van der Waals surface area contributed by atoms with E-state index >= 15 is 0 Å². The van der Waals surface area contributed by atoms with Gasteiger partial charge in [-0.05, 0) is 29.8 Å². The van der Waals surface area contributed by atoms with E-state index in [1.165, 1.54) is 6.33 Å². The fourth-order valence-corrected chi connectivity index (χ4v) is 2.58. The molecule has 0 bridgehead atoms. The quantitative estimate of drug-likeness (QED) is 0.621. The second-order valence-electron chi connectivity index (χ2n) is 5.04. The number of methoxy groups -OCH3 is 1. The van der Waals surface area contributed by atoms with Gasteiger partial charge in [-0.1, -0.05) is 24.3 Å². The fraction of sp³-hybridized carbons (Fsp3) is 0.111. The molecule has 0 saturated carbocycles. The molecule has 0 aliphatic heterocycles. The second-order valence-corrected chi connectivity index (χ2v) is 6.13. The molecular formula is C18H15Cl2N3O. The minimum Gasteiger partial charge on any atom is -0.496 e. The highest BCUT2D eigenvalue weighted by Gasteiger charge is 2.08. The minimum absolute atomic E-state index is 0.532. The number of para-hydroxylation sites is 1. The highest BCUT2D eigenvalue weighted by molar-refractivity contribution is 6.44. The van der Waals surface area contributed by atoms with E-state index in [0.717, 1.165) is 28.3 Å². The Bertz CT molecular complexity index is 823. The molecular weight excluding hydrogens is 345 g/mol. The summed E-state index contributed by atoms with van der Waals surface area (Å²) in [6.07, 6.45) is 1.52. The van der Waals surface area contributed by atoms with Gasteiger partial charge >= 0.3 is 0 Å². The SMILES string of the molecule is COc1ccccc1-c1cc(Nc2ccc(C(Cl)Cl)cc2)ncn1. The Morgan fingerprint density at radius 2 is 1.75 bits per heavy atom. The van der Waals surface area contributed by atoms with Crippen LogP contribution in [-0.2, 0) is 0 Å². The largest absolute Gasteiger partial charge is 0.496 e. The molecule has 122 valence electrons. The van der Waals surface area contributed by atoms with Crippen LogP contribution in [0.4, 0.5) is 11.5 Å². The number of alkyl halides is 2. The van der Waals surface area contributed by atoms with Gasteiger partial charge < -0.3 is 10.1 Å². The van der Waals surface area contributed by atoms with Crippen molar-refractivity contribution in [2.45, 2.75) is 4.84 Å². The zero-order chi connectivity index (χ0) is 16.9. The van der Waals surface area contributed by atoms with E-state index in [-0.39, 0.29) is 0 Å². The molecule has 3 rings (SSSR count). The van der Waals surface area contributed by atoms with Crippen molar-refractivity contribution in [2.24, 2.45) is 0 Å². The van der Waals surface area contributed by atoms with E-state index in [0.29, 0.717) is 5.82 Å². The highest BCUT2D eigenvalue weighted by Crippen LogP contribution is 2.30. The number of nitrogens with one attached hydrogen (secondary N) is 1. The van der Waals surface area contributed by atoms with Gasteiger partial charge in [0.2, 0.25) is 0 Å². The van der Waals surface area contributed by atoms with E-state index in [9.17, 15) is 0 Å². The Morgan fingerprint density at radius 1 is 1.00 bits per heavy atom. The average molecular weight is 360 g/mol. The van der Waals surface area contributed by atoms with Gasteiger partial charge in [-0.15, -0.1) is 23.2 Å². The summed E-state index contributed by atoms with van der Waals surface area (Å²) in [7, 11) is 1.64. The summed E-state index contributed by atoms with van der Waals surface area (Å²) < 4.78 is 5.39. The normalized spacial score (nSPS) is 10.7. The maximum Gasteiger partial charge on any atom is 0.134 e. The highest BCUT2D eigenvalue weighted by atomic mass is 35.5. The number of benzene rings is 2. The monoisotopic (exact) mass is 359 g/mol. The van der Waals surface area contributed by atoms with Crippen LogP contribution in [0.25, 0.3) is 11.3 Å². The first-order chi connectivity index (χ1) is 11.7. The lowest BCUT2D eigenvalue weighted by Gasteiger charge is -2.10. The van der Waals surface area contributed by atoms with Gasteiger partial charge in [0.25, 0.3) is 0 Å². The van der Waals surface area contributed by atoms with E-state index in [2.05, 4.69) is 15.3 Å². The van der Waals surface area contributed by atoms with E-state index in [1.54, 1.807) is 7.11 Å². The van der Waals surface area contributed by atoms with Crippen molar-refractivity contribution >= 4 is 34.7 Å². The van der Waals surface area contributed by atoms with E-state index in [4.69, 9.17) is 27.9 Å². The zero-order valence-corrected chi connectivity index (χ0v) is 14.4. The van der Waals surface area contributed by atoms with Gasteiger partial charge in [0, 0.05) is 17.3 Å². The van der Waals surface area contributed by atoms with Crippen molar-refractivity contribution in [2.75, 3.05) is 12.4 Å². The Labute approximate surface area is 150 Å². The molecule has 4 nitrogen and oxygen atoms in total. The third-order valence-electron chi connectivity index (χ3n) is 3.49. The van der Waals surface area contributed by atoms with Crippen LogP contribution in [0.5, 0.6) is 5.75 Å². The van der Waals surface area contributed by atoms with Crippen molar-refractivity contribution < 1.29 is 4.74 Å². The topological polar surface area (TPSA) is 47.0 Å². The summed E-state index contributed by atoms with van der Waals surface area (Å²) in [4.78, 5) is 8.06. The lowest BCUT2D eigenvalue weighted by Crippen LogP contribution is -1.96. The number of hydrogen-bond acceptors (Lipinski definition) is 4. The van der Waals surface area contributed by atoms with Gasteiger partial charge in [-0.3, -0.25) is 0 Å². The summed E-state index contributed by atoms with van der Waals surface area (Å²) in [5, 5.41) is 3.24.